The van der Waals surface area contributed by atoms with Crippen LogP contribution in [0.15, 0.2) is 12.4 Å². The summed E-state index contributed by atoms with van der Waals surface area (Å²) in [6.07, 6.45) is 6.13. The minimum atomic E-state index is -0.813. The maximum absolute atomic E-state index is 11.4. The molecule has 0 fully saturated rings. The fourth-order valence-corrected chi connectivity index (χ4v) is 1.60. The molecule has 0 saturated heterocycles. The Labute approximate surface area is 106 Å². The molecule has 0 saturated carbocycles. The van der Waals surface area contributed by atoms with Crippen molar-refractivity contribution >= 4 is 11.9 Å². The molecule has 0 aliphatic rings. The number of carboxylic acids is 1. The van der Waals surface area contributed by atoms with Gasteiger partial charge in [-0.25, -0.2) is 0 Å². The largest absolute Gasteiger partial charge is 0.481 e. The molecule has 0 aliphatic carbocycles. The quantitative estimate of drug-likeness (QED) is 0.669. The lowest BCUT2D eigenvalue weighted by atomic mass is 10.2. The summed E-state index contributed by atoms with van der Waals surface area (Å²) in [5, 5.41) is 15.3. The van der Waals surface area contributed by atoms with Gasteiger partial charge in [0.1, 0.15) is 0 Å². The van der Waals surface area contributed by atoms with E-state index in [9.17, 15) is 9.59 Å². The number of amides is 1. The number of aliphatic carboxylic acids is 1. The molecule has 1 aromatic rings. The molecule has 1 rings (SSSR count). The molecule has 1 aromatic heterocycles. The highest BCUT2D eigenvalue weighted by molar-refractivity contribution is 5.75. The molecule has 6 nitrogen and oxygen atoms in total. The number of unbranched alkanes of at least 4 members (excludes halogenated alkanes) is 1. The van der Waals surface area contributed by atoms with Gasteiger partial charge in [0.2, 0.25) is 5.91 Å². The van der Waals surface area contributed by atoms with E-state index < -0.39 is 5.97 Å². The molecule has 6 heteroatoms. The van der Waals surface area contributed by atoms with E-state index in [2.05, 4.69) is 10.4 Å². The van der Waals surface area contributed by atoms with E-state index in [0.717, 1.165) is 12.0 Å². The van der Waals surface area contributed by atoms with Gasteiger partial charge in [-0.15, -0.1) is 0 Å². The van der Waals surface area contributed by atoms with Gasteiger partial charge in [0.25, 0.3) is 0 Å². The summed E-state index contributed by atoms with van der Waals surface area (Å²) < 4.78 is 1.73. The maximum atomic E-state index is 11.4. The topological polar surface area (TPSA) is 84.2 Å². The average Bonchev–Trinajstić information content (AvgIpc) is 2.70. The monoisotopic (exact) mass is 253 g/mol. The molecular formula is C12H19N3O3. The van der Waals surface area contributed by atoms with Crippen LogP contribution in [-0.4, -0.2) is 33.3 Å². The lowest BCUT2D eigenvalue weighted by Crippen LogP contribution is -2.25. The molecule has 1 amide bonds. The van der Waals surface area contributed by atoms with Gasteiger partial charge in [0.05, 0.1) is 6.20 Å². The van der Waals surface area contributed by atoms with E-state index in [-0.39, 0.29) is 12.3 Å². The lowest BCUT2D eigenvalue weighted by Gasteiger charge is -2.03. The third-order valence-corrected chi connectivity index (χ3v) is 2.54. The maximum Gasteiger partial charge on any atom is 0.303 e. The highest BCUT2D eigenvalue weighted by Gasteiger charge is 2.03. The van der Waals surface area contributed by atoms with Gasteiger partial charge in [-0.05, 0) is 24.8 Å². The fraction of sp³-hybridized carbons (Fsp3) is 0.583. The Hall–Kier alpha value is -1.85. The van der Waals surface area contributed by atoms with Crippen molar-refractivity contribution in [2.75, 3.05) is 6.54 Å². The van der Waals surface area contributed by atoms with Crippen molar-refractivity contribution in [3.8, 4) is 0 Å². The molecule has 0 atom stereocenters. The normalized spacial score (nSPS) is 10.3. The number of nitrogens with zero attached hydrogens (tertiary/aromatic N) is 2. The highest BCUT2D eigenvalue weighted by atomic mass is 16.4. The van der Waals surface area contributed by atoms with Gasteiger partial charge in [0, 0.05) is 32.6 Å². The zero-order valence-corrected chi connectivity index (χ0v) is 10.6. The summed E-state index contributed by atoms with van der Waals surface area (Å²) >= 11 is 0. The number of carbonyl (C=O) groups excluding carboxylic acids is 1. The van der Waals surface area contributed by atoms with E-state index in [0.29, 0.717) is 25.8 Å². The predicted molar refractivity (Wildman–Crippen MR) is 66.0 cm³/mol. The zero-order valence-electron chi connectivity index (χ0n) is 10.6. The van der Waals surface area contributed by atoms with Gasteiger partial charge < -0.3 is 10.4 Å². The van der Waals surface area contributed by atoms with Crippen LogP contribution in [0.5, 0.6) is 0 Å². The van der Waals surface area contributed by atoms with Crippen molar-refractivity contribution < 1.29 is 14.7 Å². The van der Waals surface area contributed by atoms with Crippen molar-refractivity contribution in [2.24, 2.45) is 7.05 Å². The Bertz CT molecular complexity index is 401. The Kier molecular flexibility index (Phi) is 5.90. The van der Waals surface area contributed by atoms with Crippen LogP contribution >= 0.6 is 0 Å². The smallest absolute Gasteiger partial charge is 0.303 e. The van der Waals surface area contributed by atoms with E-state index in [1.165, 1.54) is 0 Å². The highest BCUT2D eigenvalue weighted by Crippen LogP contribution is 2.00. The molecular weight excluding hydrogens is 234 g/mol. The molecule has 0 spiro atoms. The zero-order chi connectivity index (χ0) is 13.4. The van der Waals surface area contributed by atoms with E-state index in [1.807, 2.05) is 13.2 Å². The number of carbonyl (C=O) groups is 2. The van der Waals surface area contributed by atoms with E-state index in [1.54, 1.807) is 10.9 Å². The number of hydrogen-bond acceptors (Lipinski definition) is 3. The van der Waals surface area contributed by atoms with Crippen molar-refractivity contribution in [1.29, 1.82) is 0 Å². The molecule has 1 heterocycles. The minimum absolute atomic E-state index is 0.0238. The van der Waals surface area contributed by atoms with Crippen LogP contribution in [0, 0.1) is 0 Å². The van der Waals surface area contributed by atoms with Gasteiger partial charge in [-0.2, -0.15) is 5.10 Å². The van der Waals surface area contributed by atoms with Crippen molar-refractivity contribution in [1.82, 2.24) is 15.1 Å². The second kappa shape index (κ2) is 7.47. The molecule has 0 unspecified atom stereocenters. The molecule has 18 heavy (non-hydrogen) atoms. The standard InChI is InChI=1S/C12H19N3O3/c1-15-9-10(8-14-15)6-7-13-11(16)4-2-3-5-12(17)18/h8-9H,2-7H2,1H3,(H,13,16)(H,17,18). The number of carboxylic acid groups (broad SMARTS) is 1. The molecule has 0 aromatic carbocycles. The first-order chi connectivity index (χ1) is 8.58. The average molecular weight is 253 g/mol. The number of hydrogen-bond donors (Lipinski definition) is 2. The minimum Gasteiger partial charge on any atom is -0.481 e. The molecule has 2 N–H and O–H groups in total. The summed E-state index contributed by atoms with van der Waals surface area (Å²) in [5.74, 6) is -0.837. The Morgan fingerprint density at radius 1 is 1.39 bits per heavy atom. The van der Waals surface area contributed by atoms with Gasteiger partial charge in [-0.1, -0.05) is 0 Å². The van der Waals surface area contributed by atoms with Crippen LogP contribution < -0.4 is 5.32 Å². The van der Waals surface area contributed by atoms with Gasteiger partial charge in [-0.3, -0.25) is 14.3 Å². The SMILES string of the molecule is Cn1cc(CCNC(=O)CCCCC(=O)O)cn1. The Morgan fingerprint density at radius 3 is 2.72 bits per heavy atom. The third kappa shape index (κ3) is 6.03. The molecule has 100 valence electrons. The first kappa shape index (κ1) is 14.2. The summed E-state index contributed by atoms with van der Waals surface area (Å²) in [7, 11) is 1.85. The second-order valence-corrected chi connectivity index (χ2v) is 4.22. The first-order valence-electron chi connectivity index (χ1n) is 6.04. The number of rotatable bonds is 8. The predicted octanol–water partition coefficient (Wildman–Crippen LogP) is 0.724. The molecule has 0 bridgehead atoms. The van der Waals surface area contributed by atoms with Crippen LogP contribution in [-0.2, 0) is 23.1 Å². The number of aromatic nitrogens is 2. The fourth-order valence-electron chi connectivity index (χ4n) is 1.60. The summed E-state index contributed by atoms with van der Waals surface area (Å²) in [6.45, 7) is 0.587. The number of nitrogens with one attached hydrogen (secondary N) is 1. The number of aryl methyl sites for hydroxylation is 1. The van der Waals surface area contributed by atoms with Crippen LogP contribution in [0.2, 0.25) is 0 Å². The molecule has 0 radical (unpaired) electrons. The van der Waals surface area contributed by atoms with Crippen molar-refractivity contribution in [3.05, 3.63) is 18.0 Å². The van der Waals surface area contributed by atoms with Crippen LogP contribution in [0.25, 0.3) is 0 Å². The first-order valence-corrected chi connectivity index (χ1v) is 6.04. The second-order valence-electron chi connectivity index (χ2n) is 4.22. The Morgan fingerprint density at radius 2 is 2.11 bits per heavy atom. The summed E-state index contributed by atoms with van der Waals surface area (Å²) in [6, 6.07) is 0. The van der Waals surface area contributed by atoms with Crippen LogP contribution in [0.3, 0.4) is 0 Å². The summed E-state index contributed by atoms with van der Waals surface area (Å²) in [4.78, 5) is 21.7. The van der Waals surface area contributed by atoms with Crippen molar-refractivity contribution in [2.45, 2.75) is 32.1 Å². The van der Waals surface area contributed by atoms with E-state index in [4.69, 9.17) is 5.11 Å². The van der Waals surface area contributed by atoms with Crippen LogP contribution in [0.1, 0.15) is 31.2 Å². The lowest BCUT2D eigenvalue weighted by molar-refractivity contribution is -0.137. The van der Waals surface area contributed by atoms with Gasteiger partial charge >= 0.3 is 5.97 Å². The third-order valence-electron chi connectivity index (χ3n) is 2.54. The summed E-state index contributed by atoms with van der Waals surface area (Å²) in [5.41, 5.74) is 1.09. The molecule has 0 aliphatic heterocycles. The Balaban J connectivity index is 2.05. The van der Waals surface area contributed by atoms with E-state index >= 15 is 0 Å². The van der Waals surface area contributed by atoms with Crippen LogP contribution in [0.4, 0.5) is 0 Å². The van der Waals surface area contributed by atoms with Gasteiger partial charge in [0.15, 0.2) is 0 Å². The van der Waals surface area contributed by atoms with Crippen molar-refractivity contribution in [3.63, 3.8) is 0 Å².